The molecule has 2 aromatic carbocycles. The minimum Gasteiger partial charge on any atom is -0.495 e. The molecule has 0 radical (unpaired) electrons. The van der Waals surface area contributed by atoms with E-state index in [9.17, 15) is 18.0 Å². The van der Waals surface area contributed by atoms with E-state index in [0.29, 0.717) is 5.69 Å². The minimum atomic E-state index is -3.85. The first-order valence-corrected chi connectivity index (χ1v) is 12.6. The maximum Gasteiger partial charge on any atom is 0.270 e. The van der Waals surface area contributed by atoms with Crippen molar-refractivity contribution < 1.29 is 22.7 Å². The average molecular weight is 505 g/mol. The van der Waals surface area contributed by atoms with Crippen molar-refractivity contribution in [3.8, 4) is 5.75 Å². The fourth-order valence-electron chi connectivity index (χ4n) is 3.90. The second-order valence-corrected chi connectivity index (χ2v) is 10.4. The number of nitrogens with zero attached hydrogens (tertiary/aromatic N) is 4. The molecule has 0 bridgehead atoms. The lowest BCUT2D eigenvalue weighted by Crippen LogP contribution is -2.52. The summed E-state index contributed by atoms with van der Waals surface area (Å²) in [5, 5.41) is 5.89. The van der Waals surface area contributed by atoms with Crippen LogP contribution >= 0.6 is 11.6 Å². The Morgan fingerprint density at radius 3 is 2.35 bits per heavy atom. The number of aryl methyl sites for hydroxylation is 1. The highest BCUT2D eigenvalue weighted by Crippen LogP contribution is 2.30. The van der Waals surface area contributed by atoms with E-state index in [-0.39, 0.29) is 72.2 Å². The maximum absolute atomic E-state index is 13.2. The first-order valence-electron chi connectivity index (χ1n) is 10.8. The summed E-state index contributed by atoms with van der Waals surface area (Å²) in [5.41, 5.74) is 1.94. The predicted molar refractivity (Wildman–Crippen MR) is 129 cm³/mol. The number of hydrazone groups is 1. The summed E-state index contributed by atoms with van der Waals surface area (Å²) in [5.74, 6) is -0.255. The summed E-state index contributed by atoms with van der Waals surface area (Å²) in [4.78, 5) is 27.1. The number of piperazine rings is 1. The van der Waals surface area contributed by atoms with Gasteiger partial charge in [0.15, 0.2) is 0 Å². The smallest absolute Gasteiger partial charge is 0.270 e. The number of carbonyl (C=O) groups is 2. The van der Waals surface area contributed by atoms with Crippen LogP contribution in [0.1, 0.15) is 18.4 Å². The molecule has 0 N–H and O–H groups in total. The molecule has 2 amide bonds. The number of rotatable bonds is 5. The lowest BCUT2D eigenvalue weighted by molar-refractivity contribution is -0.125. The molecule has 2 heterocycles. The third-order valence-electron chi connectivity index (χ3n) is 5.83. The molecule has 0 atom stereocenters. The van der Waals surface area contributed by atoms with Crippen LogP contribution in [0, 0.1) is 6.92 Å². The van der Waals surface area contributed by atoms with Gasteiger partial charge in [-0.3, -0.25) is 9.59 Å². The van der Waals surface area contributed by atoms with Crippen LogP contribution in [0.25, 0.3) is 0 Å². The Morgan fingerprint density at radius 1 is 1.03 bits per heavy atom. The lowest BCUT2D eigenvalue weighted by atomic mass is 10.1. The largest absolute Gasteiger partial charge is 0.495 e. The Morgan fingerprint density at radius 2 is 1.71 bits per heavy atom. The zero-order chi connectivity index (χ0) is 24.5. The molecule has 0 saturated carbocycles. The number of carbonyl (C=O) groups excluding carboxylic acids is 2. The molecular formula is C23H25ClN4O5S. The molecule has 34 heavy (non-hydrogen) atoms. The molecule has 4 rings (SSSR count). The van der Waals surface area contributed by atoms with Crippen LogP contribution in [-0.2, 0) is 19.6 Å². The van der Waals surface area contributed by atoms with Crippen molar-refractivity contribution in [3.63, 3.8) is 0 Å². The number of anilines is 1. The van der Waals surface area contributed by atoms with Crippen LogP contribution in [0.15, 0.2) is 52.5 Å². The number of halogens is 1. The number of ether oxygens (including phenoxy) is 1. The molecule has 0 unspecified atom stereocenters. The molecule has 2 aliphatic heterocycles. The highest BCUT2D eigenvalue weighted by Gasteiger charge is 2.34. The van der Waals surface area contributed by atoms with E-state index in [1.807, 2.05) is 19.1 Å². The Balaban J connectivity index is 1.47. The summed E-state index contributed by atoms with van der Waals surface area (Å²) in [6.07, 6.45) is 0.430. The molecule has 11 heteroatoms. The normalized spacial score (nSPS) is 17.5. The first kappa shape index (κ1) is 24.2. The Bertz CT molecular complexity index is 1240. The molecule has 0 spiro atoms. The van der Waals surface area contributed by atoms with Gasteiger partial charge >= 0.3 is 0 Å². The van der Waals surface area contributed by atoms with Crippen molar-refractivity contribution in [2.75, 3.05) is 38.3 Å². The highest BCUT2D eigenvalue weighted by atomic mass is 35.5. The van der Waals surface area contributed by atoms with Crippen molar-refractivity contribution >= 4 is 44.8 Å². The number of amides is 2. The fraction of sp³-hybridized carbons (Fsp3) is 0.348. The second-order valence-electron chi connectivity index (χ2n) is 8.08. The number of benzene rings is 2. The van der Waals surface area contributed by atoms with Crippen LogP contribution < -0.4 is 9.75 Å². The van der Waals surface area contributed by atoms with E-state index >= 15 is 0 Å². The zero-order valence-electron chi connectivity index (χ0n) is 18.9. The number of hydrogen-bond donors (Lipinski definition) is 0. The zero-order valence-corrected chi connectivity index (χ0v) is 20.5. The molecule has 180 valence electrons. The average Bonchev–Trinajstić information content (AvgIpc) is 2.84. The predicted octanol–water partition coefficient (Wildman–Crippen LogP) is 2.67. The summed E-state index contributed by atoms with van der Waals surface area (Å²) < 4.78 is 32.9. The van der Waals surface area contributed by atoms with Crippen LogP contribution in [0.2, 0.25) is 5.02 Å². The summed E-state index contributed by atoms with van der Waals surface area (Å²) in [6.45, 7) is 2.61. The van der Waals surface area contributed by atoms with E-state index in [4.69, 9.17) is 16.3 Å². The second kappa shape index (κ2) is 9.73. The van der Waals surface area contributed by atoms with Gasteiger partial charge in [-0.15, -0.1) is 0 Å². The Hall–Kier alpha value is -2.95. The van der Waals surface area contributed by atoms with Gasteiger partial charge in [0, 0.05) is 44.0 Å². The maximum atomic E-state index is 13.2. The molecular weight excluding hydrogens is 480 g/mol. The standard InChI is InChI=1S/C23H25ClN4O5S/c1-16-3-6-18(7-4-16)28-22(29)10-8-19(25-28)23(30)26-11-13-27(14-12-26)34(31,32)21-15-17(24)5-9-20(21)33-2/h3-7,9,15H,8,10-14H2,1-2H3. The molecule has 1 fully saturated rings. The molecule has 2 aromatic rings. The van der Waals surface area contributed by atoms with Crippen molar-refractivity contribution in [3.05, 3.63) is 53.1 Å². The SMILES string of the molecule is COc1ccc(Cl)cc1S(=O)(=O)N1CCN(C(=O)C2=NN(c3ccc(C)cc3)C(=O)CC2)CC1. The summed E-state index contributed by atoms with van der Waals surface area (Å²) >= 11 is 6.01. The lowest BCUT2D eigenvalue weighted by Gasteiger charge is -2.35. The van der Waals surface area contributed by atoms with Gasteiger partial charge in [0.05, 0.1) is 12.8 Å². The van der Waals surface area contributed by atoms with Gasteiger partial charge in [0.25, 0.3) is 5.91 Å². The van der Waals surface area contributed by atoms with Crippen molar-refractivity contribution in [2.45, 2.75) is 24.7 Å². The Kier molecular flexibility index (Phi) is 6.92. The van der Waals surface area contributed by atoms with Gasteiger partial charge in [-0.25, -0.2) is 13.4 Å². The van der Waals surface area contributed by atoms with Gasteiger partial charge < -0.3 is 9.64 Å². The van der Waals surface area contributed by atoms with E-state index in [2.05, 4.69) is 5.10 Å². The van der Waals surface area contributed by atoms with Crippen LogP contribution in [0.4, 0.5) is 5.69 Å². The summed E-state index contributed by atoms with van der Waals surface area (Å²) in [6, 6.07) is 11.8. The molecule has 2 aliphatic rings. The quantitative estimate of drug-likeness (QED) is 0.623. The molecule has 0 aromatic heterocycles. The summed E-state index contributed by atoms with van der Waals surface area (Å²) in [7, 11) is -2.46. The van der Waals surface area contributed by atoms with Crippen molar-refractivity contribution in [2.24, 2.45) is 5.10 Å². The first-order chi connectivity index (χ1) is 16.2. The van der Waals surface area contributed by atoms with E-state index < -0.39 is 10.0 Å². The van der Waals surface area contributed by atoms with Crippen molar-refractivity contribution in [1.82, 2.24) is 9.21 Å². The topological polar surface area (TPSA) is 99.6 Å². The number of hydrogen-bond acceptors (Lipinski definition) is 6. The third kappa shape index (κ3) is 4.79. The van der Waals surface area contributed by atoms with Gasteiger partial charge in [-0.05, 0) is 37.3 Å². The van der Waals surface area contributed by atoms with Gasteiger partial charge in [-0.2, -0.15) is 9.41 Å². The third-order valence-corrected chi connectivity index (χ3v) is 7.98. The monoisotopic (exact) mass is 504 g/mol. The highest BCUT2D eigenvalue weighted by molar-refractivity contribution is 7.89. The molecule has 9 nitrogen and oxygen atoms in total. The van der Waals surface area contributed by atoms with Gasteiger partial charge in [0.2, 0.25) is 15.9 Å². The minimum absolute atomic E-state index is 0.00816. The van der Waals surface area contributed by atoms with Gasteiger partial charge in [-0.1, -0.05) is 29.3 Å². The van der Waals surface area contributed by atoms with Crippen LogP contribution in [0.5, 0.6) is 5.75 Å². The number of methoxy groups -OCH3 is 1. The van der Waals surface area contributed by atoms with Gasteiger partial charge in [0.1, 0.15) is 16.4 Å². The van der Waals surface area contributed by atoms with E-state index in [1.165, 1.54) is 28.6 Å². The van der Waals surface area contributed by atoms with Crippen molar-refractivity contribution in [1.29, 1.82) is 0 Å². The van der Waals surface area contributed by atoms with Crippen LogP contribution in [-0.4, -0.2) is 68.4 Å². The molecule has 1 saturated heterocycles. The fourth-order valence-corrected chi connectivity index (χ4v) is 5.74. The van der Waals surface area contributed by atoms with E-state index in [1.54, 1.807) is 23.1 Å². The molecule has 0 aliphatic carbocycles. The van der Waals surface area contributed by atoms with Crippen LogP contribution in [0.3, 0.4) is 0 Å². The van der Waals surface area contributed by atoms with E-state index in [0.717, 1.165) is 5.56 Å². The Labute approximate surface area is 203 Å². The number of sulfonamides is 1.